The van der Waals surface area contributed by atoms with Crippen LogP contribution in [-0.4, -0.2) is 89.6 Å². The zero-order valence-corrected chi connectivity index (χ0v) is 21.9. The van der Waals surface area contributed by atoms with Gasteiger partial charge in [0.15, 0.2) is 11.9 Å². The summed E-state index contributed by atoms with van der Waals surface area (Å²) in [7, 11) is 0. The van der Waals surface area contributed by atoms with Crippen molar-refractivity contribution in [2.75, 3.05) is 18.8 Å². The highest BCUT2D eigenvalue weighted by Gasteiger charge is 2.29. The summed E-state index contributed by atoms with van der Waals surface area (Å²) in [5, 5.41) is 16.5. The number of nitrogens with one attached hydrogen (secondary N) is 3. The number of carboxylic acids is 1. The number of rotatable bonds is 19. The maximum Gasteiger partial charge on any atom is 0.327 e. The molecule has 0 aliphatic carbocycles. The monoisotopic (exact) mass is 561 g/mol. The van der Waals surface area contributed by atoms with E-state index in [0.717, 1.165) is 0 Å². The van der Waals surface area contributed by atoms with Gasteiger partial charge in [-0.25, -0.2) is 4.79 Å². The highest BCUT2D eigenvalue weighted by atomic mass is 32.1. The third kappa shape index (κ3) is 15.3. The molecule has 4 amide bonds. The van der Waals surface area contributed by atoms with E-state index in [9.17, 15) is 29.1 Å². The summed E-state index contributed by atoms with van der Waals surface area (Å²) in [4.78, 5) is 68.4. The van der Waals surface area contributed by atoms with Crippen LogP contribution in [0.1, 0.15) is 38.5 Å². The number of primary amides is 1. The van der Waals surface area contributed by atoms with E-state index in [-0.39, 0.29) is 69.3 Å². The van der Waals surface area contributed by atoms with Crippen molar-refractivity contribution < 1.29 is 29.1 Å². The van der Waals surface area contributed by atoms with Crippen LogP contribution in [0.4, 0.5) is 0 Å². The van der Waals surface area contributed by atoms with Crippen molar-refractivity contribution in [3.63, 3.8) is 0 Å². The summed E-state index contributed by atoms with van der Waals surface area (Å²) in [6.07, 6.45) is 0.459. The van der Waals surface area contributed by atoms with Crippen LogP contribution in [0.3, 0.4) is 0 Å². The van der Waals surface area contributed by atoms with Crippen molar-refractivity contribution >= 4 is 54.1 Å². The van der Waals surface area contributed by atoms with Crippen molar-refractivity contribution in [3.8, 4) is 0 Å². The van der Waals surface area contributed by atoms with Crippen LogP contribution in [0.15, 0.2) is 9.98 Å². The molecule has 4 atom stereocenters. The van der Waals surface area contributed by atoms with Crippen molar-refractivity contribution in [1.29, 1.82) is 0 Å². The van der Waals surface area contributed by atoms with E-state index in [0.29, 0.717) is 0 Å². The molecule has 0 aromatic carbocycles. The Morgan fingerprint density at radius 1 is 0.711 bits per heavy atom. The minimum absolute atomic E-state index is 0.0417. The smallest absolute Gasteiger partial charge is 0.327 e. The fourth-order valence-electron chi connectivity index (χ4n) is 2.98. The Morgan fingerprint density at radius 2 is 1.13 bits per heavy atom. The van der Waals surface area contributed by atoms with E-state index in [4.69, 9.17) is 34.4 Å². The van der Waals surface area contributed by atoms with Gasteiger partial charge < -0.3 is 55.5 Å². The van der Waals surface area contributed by atoms with Gasteiger partial charge in [0, 0.05) is 25.3 Å². The van der Waals surface area contributed by atoms with E-state index in [1.54, 1.807) is 0 Å². The molecule has 216 valence electrons. The van der Waals surface area contributed by atoms with Crippen LogP contribution in [0.2, 0.25) is 0 Å². The first-order valence-electron chi connectivity index (χ1n) is 11.7. The molecule has 0 aliphatic rings. The SMILES string of the molecule is NC(=O)CCC(N)C(=O)NC(CCCN=C(N)N)C(=O)NC(CCCN=C(N)N)C(=O)NC(CS)C(=O)O. The fourth-order valence-corrected chi connectivity index (χ4v) is 3.23. The molecule has 0 saturated carbocycles. The van der Waals surface area contributed by atoms with Gasteiger partial charge in [-0.05, 0) is 32.1 Å². The highest BCUT2D eigenvalue weighted by Crippen LogP contribution is 2.06. The summed E-state index contributed by atoms with van der Waals surface area (Å²) in [5.74, 6) is -4.71. The van der Waals surface area contributed by atoms with Crippen LogP contribution in [0.25, 0.3) is 0 Å². The average Bonchev–Trinajstić information content (AvgIpc) is 2.83. The van der Waals surface area contributed by atoms with Gasteiger partial charge in [-0.1, -0.05) is 0 Å². The number of thiol groups is 1. The normalized spacial score (nSPS) is 13.6. The van der Waals surface area contributed by atoms with Gasteiger partial charge in [0.25, 0.3) is 0 Å². The maximum absolute atomic E-state index is 13.1. The van der Waals surface area contributed by atoms with E-state index in [1.165, 1.54) is 0 Å². The number of aliphatic carboxylic acids is 1. The second-order valence-electron chi connectivity index (χ2n) is 8.21. The second kappa shape index (κ2) is 18.4. The summed E-state index contributed by atoms with van der Waals surface area (Å²) < 4.78 is 0. The summed E-state index contributed by atoms with van der Waals surface area (Å²) in [5.41, 5.74) is 32.1. The molecular weight excluding hydrogens is 522 g/mol. The Bertz CT molecular complexity index is 878. The molecule has 0 heterocycles. The summed E-state index contributed by atoms with van der Waals surface area (Å²) >= 11 is 3.91. The summed E-state index contributed by atoms with van der Waals surface area (Å²) in [6.45, 7) is 0.296. The molecule has 0 fully saturated rings. The molecule has 0 aliphatic heterocycles. The molecule has 0 aromatic heterocycles. The fraction of sp³-hybridized carbons (Fsp3) is 0.650. The predicted molar refractivity (Wildman–Crippen MR) is 144 cm³/mol. The lowest BCUT2D eigenvalue weighted by Crippen LogP contribution is -2.57. The Kier molecular flexibility index (Phi) is 16.6. The quantitative estimate of drug-likeness (QED) is 0.0307. The van der Waals surface area contributed by atoms with Crippen LogP contribution < -0.4 is 50.4 Å². The number of aliphatic imine (C=N–C) groups is 2. The lowest BCUT2D eigenvalue weighted by atomic mass is 10.1. The molecule has 0 saturated heterocycles. The van der Waals surface area contributed by atoms with Gasteiger partial charge in [-0.15, -0.1) is 0 Å². The van der Waals surface area contributed by atoms with Crippen LogP contribution >= 0.6 is 12.6 Å². The van der Waals surface area contributed by atoms with E-state index in [2.05, 4.69) is 38.6 Å². The Morgan fingerprint density at radius 3 is 1.50 bits per heavy atom. The van der Waals surface area contributed by atoms with Crippen LogP contribution in [-0.2, 0) is 24.0 Å². The zero-order valence-electron chi connectivity index (χ0n) is 21.0. The third-order valence-corrected chi connectivity index (χ3v) is 5.36. The molecular formula is C20H39N11O6S. The van der Waals surface area contributed by atoms with Gasteiger partial charge in [0.1, 0.15) is 18.1 Å². The number of nitrogens with zero attached hydrogens (tertiary/aromatic N) is 2. The molecule has 4 unspecified atom stereocenters. The molecule has 16 N–H and O–H groups in total. The Labute approximate surface area is 225 Å². The lowest BCUT2D eigenvalue weighted by Gasteiger charge is -2.25. The second-order valence-corrected chi connectivity index (χ2v) is 8.58. The average molecular weight is 562 g/mol. The first-order chi connectivity index (χ1) is 17.8. The molecule has 0 bridgehead atoms. The number of guanidine groups is 2. The predicted octanol–water partition coefficient (Wildman–Crippen LogP) is -4.84. The molecule has 0 aromatic rings. The Balaban J connectivity index is 5.65. The van der Waals surface area contributed by atoms with Gasteiger partial charge in [-0.2, -0.15) is 12.6 Å². The van der Waals surface area contributed by atoms with Gasteiger partial charge in [-0.3, -0.25) is 29.2 Å². The van der Waals surface area contributed by atoms with Crippen molar-refractivity contribution in [2.45, 2.75) is 62.7 Å². The van der Waals surface area contributed by atoms with Gasteiger partial charge in [0.05, 0.1) is 6.04 Å². The minimum atomic E-state index is -1.31. The third-order valence-electron chi connectivity index (χ3n) is 4.99. The van der Waals surface area contributed by atoms with Gasteiger partial charge >= 0.3 is 5.97 Å². The van der Waals surface area contributed by atoms with E-state index < -0.39 is 53.8 Å². The number of nitrogens with two attached hydrogens (primary N) is 6. The molecule has 0 spiro atoms. The largest absolute Gasteiger partial charge is 0.480 e. The lowest BCUT2D eigenvalue weighted by molar-refractivity contribution is -0.141. The van der Waals surface area contributed by atoms with Crippen molar-refractivity contribution in [1.82, 2.24) is 16.0 Å². The number of amides is 4. The number of carbonyl (C=O) groups excluding carboxylic acids is 4. The topological polar surface area (TPSA) is 323 Å². The highest BCUT2D eigenvalue weighted by molar-refractivity contribution is 7.80. The van der Waals surface area contributed by atoms with Crippen LogP contribution in [0, 0.1) is 0 Å². The molecule has 17 nitrogen and oxygen atoms in total. The van der Waals surface area contributed by atoms with Crippen LogP contribution in [0.5, 0.6) is 0 Å². The maximum atomic E-state index is 13.1. The van der Waals surface area contributed by atoms with E-state index >= 15 is 0 Å². The van der Waals surface area contributed by atoms with E-state index in [1.807, 2.05) is 0 Å². The molecule has 38 heavy (non-hydrogen) atoms. The number of hydrogen-bond acceptors (Lipinski definition) is 9. The molecule has 0 radical (unpaired) electrons. The summed E-state index contributed by atoms with van der Waals surface area (Å²) in [6, 6.07) is -4.79. The standard InChI is InChI=1S/C20H39N11O6S/c21-10(5-6-14(22)32)15(33)29-11(3-1-7-27-19(23)24)16(34)30-12(4-2-8-28-20(25)26)17(35)31-13(9-38)18(36)37/h10-13,38H,1-9,21H2,(H2,22,32)(H,29,33)(H,30,34)(H,31,35)(H,36,37)(H4,23,24,27)(H4,25,26,28). The number of carbonyl (C=O) groups is 5. The number of hydrogen-bond donors (Lipinski definition) is 11. The molecule has 18 heteroatoms. The zero-order chi connectivity index (χ0) is 29.3. The van der Waals surface area contributed by atoms with Crippen molar-refractivity contribution in [3.05, 3.63) is 0 Å². The first kappa shape index (κ1) is 34.2. The Hall–Kier alpha value is -3.80. The first-order valence-corrected chi connectivity index (χ1v) is 12.3. The van der Waals surface area contributed by atoms with Crippen molar-refractivity contribution in [2.24, 2.45) is 44.4 Å². The minimum Gasteiger partial charge on any atom is -0.480 e. The molecule has 0 rings (SSSR count). The van der Waals surface area contributed by atoms with Gasteiger partial charge in [0.2, 0.25) is 23.6 Å². The number of carboxylic acid groups (broad SMARTS) is 1.